The molecule has 0 bridgehead atoms. The molecule has 0 aliphatic rings. The van der Waals surface area contributed by atoms with Crippen molar-refractivity contribution in [2.45, 2.75) is 43.4 Å². The molecular formula is C34H31Cl3F3N3O4S. The summed E-state index contributed by atoms with van der Waals surface area (Å²) in [6.07, 6.45) is -4.28. The Balaban J connectivity index is 1.87. The lowest BCUT2D eigenvalue weighted by atomic mass is 10.0. The van der Waals surface area contributed by atoms with E-state index in [0.29, 0.717) is 39.5 Å². The van der Waals surface area contributed by atoms with E-state index in [9.17, 15) is 31.2 Å². The van der Waals surface area contributed by atoms with Gasteiger partial charge in [-0.2, -0.15) is 13.2 Å². The first kappa shape index (κ1) is 37.1. The maximum Gasteiger partial charge on any atom is 0.417 e. The number of anilines is 1. The highest BCUT2D eigenvalue weighted by Crippen LogP contribution is 2.38. The second kappa shape index (κ2) is 16.1. The molecule has 0 aliphatic heterocycles. The van der Waals surface area contributed by atoms with E-state index < -0.39 is 56.9 Å². The first-order valence-corrected chi connectivity index (χ1v) is 17.3. The summed E-state index contributed by atoms with van der Waals surface area (Å²) < 4.78 is 70.4. The van der Waals surface area contributed by atoms with Crippen LogP contribution in [0.3, 0.4) is 0 Å². The number of amides is 2. The summed E-state index contributed by atoms with van der Waals surface area (Å²) in [7, 11) is -4.63. The Kier molecular flexibility index (Phi) is 12.4. The van der Waals surface area contributed by atoms with E-state index in [-0.39, 0.29) is 22.9 Å². The van der Waals surface area contributed by atoms with Crippen LogP contribution >= 0.6 is 34.8 Å². The summed E-state index contributed by atoms with van der Waals surface area (Å²) in [5.74, 6) is -1.39. The maximum absolute atomic E-state index is 14.5. The number of hydrogen-bond acceptors (Lipinski definition) is 4. The Morgan fingerprint density at radius 1 is 0.854 bits per heavy atom. The summed E-state index contributed by atoms with van der Waals surface area (Å²) in [4.78, 5) is 29.1. The fraction of sp³-hybridized carbons (Fsp3) is 0.235. The van der Waals surface area contributed by atoms with Gasteiger partial charge >= 0.3 is 6.18 Å². The van der Waals surface area contributed by atoms with Crippen molar-refractivity contribution in [1.29, 1.82) is 0 Å². The Morgan fingerprint density at radius 2 is 1.50 bits per heavy atom. The van der Waals surface area contributed by atoms with Crippen LogP contribution in [0.25, 0.3) is 0 Å². The number of alkyl halides is 3. The number of halogens is 6. The van der Waals surface area contributed by atoms with Crippen molar-refractivity contribution in [3.05, 3.63) is 129 Å². The SMILES string of the molecule is CCCNC(=O)[C@H](Cc1ccccc1)N(Cc1ccc(Cl)cc1Cl)C(=O)CN(c1ccc(Cl)c(C(F)(F)F)c1)S(=O)(=O)c1ccccc1. The van der Waals surface area contributed by atoms with Crippen molar-refractivity contribution in [3.63, 3.8) is 0 Å². The van der Waals surface area contributed by atoms with E-state index in [2.05, 4.69) is 5.32 Å². The highest BCUT2D eigenvalue weighted by atomic mass is 35.5. The van der Waals surface area contributed by atoms with Gasteiger partial charge in [-0.05, 0) is 60.0 Å². The Hall–Kier alpha value is -3.77. The molecule has 0 aliphatic carbocycles. The Labute approximate surface area is 292 Å². The van der Waals surface area contributed by atoms with Crippen LogP contribution in [0.5, 0.6) is 0 Å². The Bertz CT molecular complexity index is 1850. The first-order chi connectivity index (χ1) is 22.7. The van der Waals surface area contributed by atoms with Gasteiger partial charge in [-0.15, -0.1) is 0 Å². The number of rotatable bonds is 13. The largest absolute Gasteiger partial charge is 0.417 e. The zero-order chi connectivity index (χ0) is 35.1. The van der Waals surface area contributed by atoms with Crippen LogP contribution in [-0.4, -0.2) is 44.3 Å². The van der Waals surface area contributed by atoms with Crippen molar-refractivity contribution < 1.29 is 31.2 Å². The standard InChI is InChI=1S/C34H31Cl3F3N3O4S/c1-2-17-41-33(45)31(18-23-9-5-3-6-10-23)42(21-24-13-14-25(35)19-30(24)37)32(44)22-43(48(46,47)27-11-7-4-8-12-27)26-15-16-29(36)28(20-26)34(38,39)40/h3-16,19-20,31H,2,17-18,21-22H2,1H3,(H,41,45)/t31-/m0/s1. The van der Waals surface area contributed by atoms with Gasteiger partial charge in [0.15, 0.2) is 0 Å². The molecule has 0 aromatic heterocycles. The predicted molar refractivity (Wildman–Crippen MR) is 182 cm³/mol. The lowest BCUT2D eigenvalue weighted by Gasteiger charge is -2.34. The predicted octanol–water partition coefficient (Wildman–Crippen LogP) is 8.03. The molecule has 4 rings (SSSR count). The number of sulfonamides is 1. The van der Waals surface area contributed by atoms with Crippen LogP contribution in [0, 0.1) is 0 Å². The molecule has 0 spiro atoms. The van der Waals surface area contributed by atoms with Gasteiger partial charge in [0.2, 0.25) is 11.8 Å². The van der Waals surface area contributed by atoms with Crippen molar-refractivity contribution in [2.75, 3.05) is 17.4 Å². The second-order valence-electron chi connectivity index (χ2n) is 10.7. The molecule has 2 amide bonds. The molecule has 0 unspecified atom stereocenters. The highest BCUT2D eigenvalue weighted by Gasteiger charge is 2.37. The number of benzene rings is 4. The third kappa shape index (κ3) is 9.22. The molecule has 0 radical (unpaired) electrons. The van der Waals surface area contributed by atoms with Crippen molar-refractivity contribution in [1.82, 2.24) is 10.2 Å². The summed E-state index contributed by atoms with van der Waals surface area (Å²) in [6, 6.07) is 21.8. The van der Waals surface area contributed by atoms with Gasteiger partial charge in [-0.25, -0.2) is 8.42 Å². The van der Waals surface area contributed by atoms with Gasteiger partial charge in [0.1, 0.15) is 12.6 Å². The van der Waals surface area contributed by atoms with E-state index in [1.807, 2.05) is 6.92 Å². The molecule has 1 atom stereocenters. The summed E-state index contributed by atoms with van der Waals surface area (Å²) in [6.45, 7) is 0.942. The van der Waals surface area contributed by atoms with Crippen LogP contribution in [0.4, 0.5) is 18.9 Å². The minimum atomic E-state index is -4.92. The molecule has 0 heterocycles. The van der Waals surface area contributed by atoms with Crippen LogP contribution in [0.15, 0.2) is 102 Å². The summed E-state index contributed by atoms with van der Waals surface area (Å²) in [5.41, 5.74) is -0.633. The number of carbonyl (C=O) groups is 2. The smallest absolute Gasteiger partial charge is 0.354 e. The molecule has 48 heavy (non-hydrogen) atoms. The molecule has 7 nitrogen and oxygen atoms in total. The zero-order valence-electron chi connectivity index (χ0n) is 25.6. The molecule has 0 fully saturated rings. The normalized spacial score (nSPS) is 12.3. The molecule has 4 aromatic rings. The molecular weight excluding hydrogens is 710 g/mol. The van der Waals surface area contributed by atoms with Crippen molar-refractivity contribution >= 4 is 62.3 Å². The number of nitrogens with one attached hydrogen (secondary N) is 1. The number of hydrogen-bond donors (Lipinski definition) is 1. The van der Waals surface area contributed by atoms with E-state index in [1.54, 1.807) is 48.5 Å². The van der Waals surface area contributed by atoms with E-state index >= 15 is 0 Å². The van der Waals surface area contributed by atoms with E-state index in [4.69, 9.17) is 34.8 Å². The van der Waals surface area contributed by atoms with Crippen LogP contribution < -0.4 is 9.62 Å². The van der Waals surface area contributed by atoms with Gasteiger partial charge < -0.3 is 10.2 Å². The maximum atomic E-state index is 14.5. The topological polar surface area (TPSA) is 86.8 Å². The second-order valence-corrected chi connectivity index (χ2v) is 13.9. The average molecular weight is 741 g/mol. The average Bonchev–Trinajstić information content (AvgIpc) is 3.05. The zero-order valence-corrected chi connectivity index (χ0v) is 28.6. The van der Waals surface area contributed by atoms with Crippen LogP contribution in [-0.2, 0) is 38.8 Å². The molecule has 0 saturated heterocycles. The van der Waals surface area contributed by atoms with Crippen molar-refractivity contribution in [2.24, 2.45) is 0 Å². The Morgan fingerprint density at radius 3 is 2.10 bits per heavy atom. The van der Waals surface area contributed by atoms with E-state index in [1.165, 1.54) is 35.2 Å². The highest BCUT2D eigenvalue weighted by molar-refractivity contribution is 7.92. The molecule has 4 aromatic carbocycles. The number of nitrogens with zero attached hydrogens (tertiary/aromatic N) is 2. The fourth-order valence-corrected chi connectivity index (χ4v) is 7.01. The van der Waals surface area contributed by atoms with Gasteiger partial charge in [0.25, 0.3) is 10.0 Å². The third-order valence-electron chi connectivity index (χ3n) is 7.33. The lowest BCUT2D eigenvalue weighted by molar-refractivity contribution is -0.140. The van der Waals surface area contributed by atoms with E-state index in [0.717, 1.165) is 12.1 Å². The number of carbonyl (C=O) groups excluding carboxylic acids is 2. The van der Waals surface area contributed by atoms with Gasteiger partial charge in [0, 0.05) is 29.6 Å². The molecule has 14 heteroatoms. The first-order valence-electron chi connectivity index (χ1n) is 14.7. The minimum Gasteiger partial charge on any atom is -0.354 e. The molecule has 0 saturated carbocycles. The minimum absolute atomic E-state index is 0.0396. The quantitative estimate of drug-likeness (QED) is 0.151. The van der Waals surface area contributed by atoms with Gasteiger partial charge in [-0.3, -0.25) is 13.9 Å². The molecule has 254 valence electrons. The summed E-state index contributed by atoms with van der Waals surface area (Å²) >= 11 is 18.4. The van der Waals surface area contributed by atoms with Crippen molar-refractivity contribution in [3.8, 4) is 0 Å². The fourth-order valence-electron chi connectivity index (χ4n) is 4.89. The lowest BCUT2D eigenvalue weighted by Crippen LogP contribution is -2.53. The monoisotopic (exact) mass is 739 g/mol. The van der Waals surface area contributed by atoms with Crippen LogP contribution in [0.1, 0.15) is 30.0 Å². The van der Waals surface area contributed by atoms with Gasteiger partial charge in [-0.1, -0.05) is 96.3 Å². The molecule has 1 N–H and O–H groups in total. The van der Waals surface area contributed by atoms with Crippen LogP contribution in [0.2, 0.25) is 15.1 Å². The van der Waals surface area contributed by atoms with Gasteiger partial charge in [0.05, 0.1) is 21.2 Å². The third-order valence-corrected chi connectivity index (χ3v) is 10.0. The summed E-state index contributed by atoms with van der Waals surface area (Å²) in [5, 5.41) is 2.68.